The van der Waals surface area contributed by atoms with Crippen LogP contribution < -0.4 is 4.74 Å². The third-order valence-corrected chi connectivity index (χ3v) is 2.86. The minimum atomic E-state index is 0.220. The molecule has 1 aliphatic heterocycles. The molecule has 1 aliphatic rings. The van der Waals surface area contributed by atoms with E-state index in [1.165, 1.54) is 6.42 Å². The summed E-state index contributed by atoms with van der Waals surface area (Å²) in [6.45, 7) is 3.86. The first-order valence-electron chi connectivity index (χ1n) is 5.20. The van der Waals surface area contributed by atoms with E-state index in [1.54, 1.807) is 12.3 Å². The van der Waals surface area contributed by atoms with Crippen LogP contribution in [0.4, 0.5) is 0 Å². The second-order valence-electron chi connectivity index (χ2n) is 3.66. The SMILES string of the molecule is N#Cc1cc(OCCN2CCC2)cnc1Cl. The van der Waals surface area contributed by atoms with E-state index in [9.17, 15) is 0 Å². The number of ether oxygens (including phenoxy) is 1. The van der Waals surface area contributed by atoms with Crippen LogP contribution in [-0.2, 0) is 0 Å². The van der Waals surface area contributed by atoms with Crippen molar-refractivity contribution in [2.24, 2.45) is 0 Å². The summed E-state index contributed by atoms with van der Waals surface area (Å²) in [6.07, 6.45) is 2.82. The normalized spacial score (nSPS) is 15.2. The van der Waals surface area contributed by atoms with Crippen molar-refractivity contribution in [1.29, 1.82) is 5.26 Å². The molecule has 1 aromatic heterocycles. The van der Waals surface area contributed by atoms with Crippen LogP contribution in [0.3, 0.4) is 0 Å². The van der Waals surface area contributed by atoms with Crippen LogP contribution in [0.5, 0.6) is 5.75 Å². The number of rotatable bonds is 4. The van der Waals surface area contributed by atoms with Gasteiger partial charge in [0.1, 0.15) is 23.6 Å². The predicted molar refractivity (Wildman–Crippen MR) is 60.5 cm³/mol. The molecule has 0 aromatic carbocycles. The lowest BCUT2D eigenvalue weighted by Gasteiger charge is -2.30. The number of hydrogen-bond donors (Lipinski definition) is 0. The van der Waals surface area contributed by atoms with E-state index in [1.807, 2.05) is 6.07 Å². The van der Waals surface area contributed by atoms with Crippen molar-refractivity contribution in [2.45, 2.75) is 6.42 Å². The smallest absolute Gasteiger partial charge is 0.147 e. The van der Waals surface area contributed by atoms with Gasteiger partial charge in [-0.2, -0.15) is 5.26 Å². The van der Waals surface area contributed by atoms with Gasteiger partial charge < -0.3 is 4.74 Å². The molecule has 5 heteroatoms. The zero-order valence-corrected chi connectivity index (χ0v) is 9.57. The molecule has 0 spiro atoms. The van der Waals surface area contributed by atoms with Crippen LogP contribution >= 0.6 is 11.6 Å². The highest BCUT2D eigenvalue weighted by Crippen LogP contribution is 2.18. The van der Waals surface area contributed by atoms with Gasteiger partial charge in [-0.3, -0.25) is 4.90 Å². The Morgan fingerprint density at radius 3 is 3.00 bits per heavy atom. The number of pyridine rings is 1. The summed E-state index contributed by atoms with van der Waals surface area (Å²) in [5, 5.41) is 8.99. The van der Waals surface area contributed by atoms with E-state index in [0.717, 1.165) is 19.6 Å². The van der Waals surface area contributed by atoms with Gasteiger partial charge >= 0.3 is 0 Å². The van der Waals surface area contributed by atoms with Gasteiger partial charge in [0.15, 0.2) is 0 Å². The molecule has 0 atom stereocenters. The second kappa shape index (κ2) is 5.15. The Morgan fingerprint density at radius 1 is 1.56 bits per heavy atom. The molecule has 0 radical (unpaired) electrons. The molecule has 16 heavy (non-hydrogen) atoms. The molecule has 4 nitrogen and oxygen atoms in total. The van der Waals surface area contributed by atoms with Gasteiger partial charge in [0.2, 0.25) is 0 Å². The Bertz CT molecular complexity index is 412. The summed E-state index contributed by atoms with van der Waals surface area (Å²) in [4.78, 5) is 6.20. The average Bonchev–Trinajstić information content (AvgIpc) is 2.24. The van der Waals surface area contributed by atoms with E-state index < -0.39 is 0 Å². The largest absolute Gasteiger partial charge is 0.491 e. The fourth-order valence-corrected chi connectivity index (χ4v) is 1.63. The van der Waals surface area contributed by atoms with Crippen molar-refractivity contribution in [3.05, 3.63) is 23.0 Å². The minimum Gasteiger partial charge on any atom is -0.491 e. The number of halogens is 1. The molecule has 1 saturated heterocycles. The molecule has 0 N–H and O–H groups in total. The van der Waals surface area contributed by atoms with E-state index in [4.69, 9.17) is 21.6 Å². The highest BCUT2D eigenvalue weighted by molar-refractivity contribution is 6.30. The fourth-order valence-electron chi connectivity index (χ4n) is 1.48. The molecule has 0 amide bonds. The van der Waals surface area contributed by atoms with Crippen molar-refractivity contribution < 1.29 is 4.74 Å². The highest BCUT2D eigenvalue weighted by atomic mass is 35.5. The lowest BCUT2D eigenvalue weighted by Crippen LogP contribution is -2.39. The maximum absolute atomic E-state index is 8.77. The van der Waals surface area contributed by atoms with E-state index in [-0.39, 0.29) is 5.15 Å². The Labute approximate surface area is 99.4 Å². The van der Waals surface area contributed by atoms with Crippen LogP contribution in [0.25, 0.3) is 0 Å². The number of hydrogen-bond acceptors (Lipinski definition) is 4. The van der Waals surface area contributed by atoms with Crippen LogP contribution in [0, 0.1) is 11.3 Å². The van der Waals surface area contributed by atoms with Crippen molar-refractivity contribution in [3.8, 4) is 11.8 Å². The summed E-state index contributed by atoms with van der Waals surface area (Å²) in [5.74, 6) is 0.599. The van der Waals surface area contributed by atoms with Gasteiger partial charge in [-0.05, 0) is 19.5 Å². The van der Waals surface area contributed by atoms with Crippen molar-refractivity contribution >= 4 is 11.6 Å². The van der Waals surface area contributed by atoms with Crippen molar-refractivity contribution in [2.75, 3.05) is 26.2 Å². The zero-order valence-electron chi connectivity index (χ0n) is 8.82. The maximum atomic E-state index is 8.77. The summed E-state index contributed by atoms with van der Waals surface area (Å²) in [6, 6.07) is 3.59. The first kappa shape index (κ1) is 11.2. The molecule has 2 heterocycles. The molecule has 0 bridgehead atoms. The number of likely N-dealkylation sites (tertiary alicyclic amines) is 1. The molecule has 0 saturated carbocycles. The van der Waals surface area contributed by atoms with Gasteiger partial charge in [0.25, 0.3) is 0 Å². The lowest BCUT2D eigenvalue weighted by molar-refractivity contribution is 0.147. The fraction of sp³-hybridized carbons (Fsp3) is 0.455. The summed E-state index contributed by atoms with van der Waals surface area (Å²) < 4.78 is 5.50. The number of nitriles is 1. The predicted octanol–water partition coefficient (Wildman–Crippen LogP) is 1.69. The van der Waals surface area contributed by atoms with E-state index >= 15 is 0 Å². The van der Waals surface area contributed by atoms with Crippen LogP contribution in [0.15, 0.2) is 12.3 Å². The maximum Gasteiger partial charge on any atom is 0.147 e. The highest BCUT2D eigenvalue weighted by Gasteiger charge is 2.12. The second-order valence-corrected chi connectivity index (χ2v) is 4.02. The van der Waals surface area contributed by atoms with E-state index in [2.05, 4.69) is 9.88 Å². The van der Waals surface area contributed by atoms with Crippen LogP contribution in [0.1, 0.15) is 12.0 Å². The molecule has 84 valence electrons. The van der Waals surface area contributed by atoms with Gasteiger partial charge in [0.05, 0.1) is 11.8 Å². The summed E-state index contributed by atoms with van der Waals surface area (Å²) in [7, 11) is 0. The first-order valence-corrected chi connectivity index (χ1v) is 5.58. The molecule has 1 fully saturated rings. The average molecular weight is 238 g/mol. The first-order chi connectivity index (χ1) is 7.79. The summed E-state index contributed by atoms with van der Waals surface area (Å²) in [5.41, 5.74) is 0.350. The Balaban J connectivity index is 1.86. The third-order valence-electron chi connectivity index (χ3n) is 2.56. The van der Waals surface area contributed by atoms with E-state index in [0.29, 0.717) is 17.9 Å². The third kappa shape index (κ3) is 2.63. The van der Waals surface area contributed by atoms with Crippen molar-refractivity contribution in [3.63, 3.8) is 0 Å². The van der Waals surface area contributed by atoms with Crippen LogP contribution in [0.2, 0.25) is 5.15 Å². The molecular weight excluding hydrogens is 226 g/mol. The van der Waals surface area contributed by atoms with Gasteiger partial charge in [-0.25, -0.2) is 4.98 Å². The Morgan fingerprint density at radius 2 is 2.38 bits per heavy atom. The lowest BCUT2D eigenvalue weighted by atomic mass is 10.2. The van der Waals surface area contributed by atoms with Crippen LogP contribution in [-0.4, -0.2) is 36.1 Å². The monoisotopic (exact) mass is 237 g/mol. The van der Waals surface area contributed by atoms with Gasteiger partial charge in [-0.15, -0.1) is 0 Å². The molecule has 0 aliphatic carbocycles. The van der Waals surface area contributed by atoms with Crippen molar-refractivity contribution in [1.82, 2.24) is 9.88 Å². The van der Waals surface area contributed by atoms with Gasteiger partial charge in [0, 0.05) is 12.6 Å². The molecule has 2 rings (SSSR count). The topological polar surface area (TPSA) is 49.1 Å². The molecule has 0 unspecified atom stereocenters. The number of aromatic nitrogens is 1. The number of nitrogens with zero attached hydrogens (tertiary/aromatic N) is 3. The summed E-state index contributed by atoms with van der Waals surface area (Å²) >= 11 is 5.72. The Hall–Kier alpha value is -1.31. The van der Waals surface area contributed by atoms with Gasteiger partial charge in [-0.1, -0.05) is 11.6 Å². The quantitative estimate of drug-likeness (QED) is 0.748. The minimum absolute atomic E-state index is 0.220. The Kier molecular flexibility index (Phi) is 3.60. The molecular formula is C11H12ClN3O. The molecule has 1 aromatic rings. The zero-order chi connectivity index (χ0) is 11.4. The standard InChI is InChI=1S/C11H12ClN3O/c12-11-9(7-13)6-10(8-14-11)16-5-4-15-2-1-3-15/h6,8H,1-5H2.